The van der Waals surface area contributed by atoms with E-state index in [4.69, 9.17) is 0 Å². The topological polar surface area (TPSA) is 40.1 Å². The van der Waals surface area contributed by atoms with Crippen LogP contribution in [-0.4, -0.2) is 5.97 Å². The minimum absolute atomic E-state index is 0. The number of benzene rings is 1. The summed E-state index contributed by atoms with van der Waals surface area (Å²) in [5.74, 6) is -1.46. The van der Waals surface area contributed by atoms with Gasteiger partial charge in [-0.15, -0.1) is 0 Å². The van der Waals surface area contributed by atoms with Gasteiger partial charge in [-0.1, -0.05) is 37.3 Å². The summed E-state index contributed by atoms with van der Waals surface area (Å²) in [7, 11) is 0. The summed E-state index contributed by atoms with van der Waals surface area (Å²) in [6, 6.07) is 9.15. The number of carbonyl (C=O) groups excluding carboxylic acids is 1. The second kappa shape index (κ2) is 5.85. The van der Waals surface area contributed by atoms with E-state index in [-0.39, 0.29) is 18.9 Å². The van der Waals surface area contributed by atoms with Crippen molar-refractivity contribution >= 4 is 5.97 Å². The molecule has 0 N–H and O–H groups in total. The number of rotatable bonds is 3. The van der Waals surface area contributed by atoms with Crippen molar-refractivity contribution in [3.63, 3.8) is 0 Å². The van der Waals surface area contributed by atoms with Gasteiger partial charge in [0.15, 0.2) is 0 Å². The first-order chi connectivity index (χ1) is 5.75. The first kappa shape index (κ1) is 12.3. The van der Waals surface area contributed by atoms with Crippen LogP contribution in [0.4, 0.5) is 0 Å². The Labute approximate surface area is 90.1 Å². The van der Waals surface area contributed by atoms with Crippen molar-refractivity contribution in [2.75, 3.05) is 0 Å². The third-order valence-corrected chi connectivity index (χ3v) is 1.89. The molecule has 0 saturated heterocycles. The third-order valence-electron chi connectivity index (χ3n) is 1.89. The molecule has 13 heavy (non-hydrogen) atoms. The van der Waals surface area contributed by atoms with Gasteiger partial charge in [0, 0.05) is 11.9 Å². The zero-order chi connectivity index (χ0) is 8.97. The second-order valence-corrected chi connectivity index (χ2v) is 2.69. The molecule has 0 spiro atoms. The molecule has 0 aromatic heterocycles. The standard InChI is InChI=1S/C10H12O2.Li/c1-2-9(10(11)12)8-6-4-3-5-7-8;/h3-7,9H,2H2,1H3,(H,11,12);/q;+1/p-1. The van der Waals surface area contributed by atoms with Crippen molar-refractivity contribution in [1.82, 2.24) is 0 Å². The van der Waals surface area contributed by atoms with Gasteiger partial charge in [0.1, 0.15) is 0 Å². The summed E-state index contributed by atoms with van der Waals surface area (Å²) in [5.41, 5.74) is 0.819. The molecule has 0 bridgehead atoms. The molecule has 0 heterocycles. The van der Waals surface area contributed by atoms with Crippen molar-refractivity contribution < 1.29 is 28.8 Å². The summed E-state index contributed by atoms with van der Waals surface area (Å²) >= 11 is 0. The van der Waals surface area contributed by atoms with Gasteiger partial charge in [0.25, 0.3) is 0 Å². The quantitative estimate of drug-likeness (QED) is 0.489. The molecule has 0 aliphatic carbocycles. The predicted octanol–water partition coefficient (Wildman–Crippen LogP) is -2.07. The van der Waals surface area contributed by atoms with Gasteiger partial charge in [0.2, 0.25) is 0 Å². The Morgan fingerprint density at radius 3 is 2.31 bits per heavy atom. The summed E-state index contributed by atoms with van der Waals surface area (Å²) in [5, 5.41) is 10.6. The van der Waals surface area contributed by atoms with Gasteiger partial charge < -0.3 is 9.90 Å². The molecule has 0 aliphatic rings. The van der Waals surface area contributed by atoms with E-state index in [9.17, 15) is 9.90 Å². The van der Waals surface area contributed by atoms with E-state index in [1.54, 1.807) is 0 Å². The maximum Gasteiger partial charge on any atom is 1.00 e. The SMILES string of the molecule is CCC(C(=O)[O-])c1ccccc1.[Li+]. The molecule has 1 rings (SSSR count). The zero-order valence-electron chi connectivity index (χ0n) is 7.99. The van der Waals surface area contributed by atoms with Gasteiger partial charge in [-0.2, -0.15) is 0 Å². The van der Waals surface area contributed by atoms with Gasteiger partial charge in [0.05, 0.1) is 0 Å². The summed E-state index contributed by atoms with van der Waals surface area (Å²) in [4.78, 5) is 10.6. The fourth-order valence-corrected chi connectivity index (χ4v) is 1.22. The average Bonchev–Trinajstić information content (AvgIpc) is 2.07. The molecule has 0 saturated carbocycles. The fraction of sp³-hybridized carbons (Fsp3) is 0.300. The number of hydrogen-bond donors (Lipinski definition) is 0. The van der Waals surface area contributed by atoms with Gasteiger partial charge in [-0.3, -0.25) is 0 Å². The Morgan fingerprint density at radius 1 is 1.38 bits per heavy atom. The Balaban J connectivity index is 0.00000144. The van der Waals surface area contributed by atoms with Crippen LogP contribution in [0.1, 0.15) is 24.8 Å². The minimum atomic E-state index is -0.997. The van der Waals surface area contributed by atoms with E-state index >= 15 is 0 Å². The van der Waals surface area contributed by atoms with Crippen LogP contribution >= 0.6 is 0 Å². The van der Waals surface area contributed by atoms with Crippen LogP contribution in [0.3, 0.4) is 0 Å². The predicted molar refractivity (Wildman–Crippen MR) is 44.5 cm³/mol. The summed E-state index contributed by atoms with van der Waals surface area (Å²) in [6.45, 7) is 1.84. The smallest absolute Gasteiger partial charge is 0.549 e. The number of carboxylic acid groups (broad SMARTS) is 1. The average molecular weight is 170 g/mol. The Bertz CT molecular complexity index is 259. The second-order valence-electron chi connectivity index (χ2n) is 2.69. The maximum atomic E-state index is 10.6. The molecule has 0 fully saturated rings. The van der Waals surface area contributed by atoms with E-state index in [0.29, 0.717) is 6.42 Å². The van der Waals surface area contributed by atoms with E-state index in [2.05, 4.69) is 0 Å². The van der Waals surface area contributed by atoms with Crippen LogP contribution in [0.15, 0.2) is 30.3 Å². The molecule has 1 atom stereocenters. The molecule has 0 aliphatic heterocycles. The Kier molecular flexibility index (Phi) is 5.53. The molecule has 0 amide bonds. The van der Waals surface area contributed by atoms with Crippen molar-refractivity contribution in [2.45, 2.75) is 19.3 Å². The summed E-state index contributed by atoms with van der Waals surface area (Å²) in [6.07, 6.45) is 0.576. The number of carboxylic acids is 1. The zero-order valence-corrected chi connectivity index (χ0v) is 7.99. The monoisotopic (exact) mass is 170 g/mol. The molecule has 3 heteroatoms. The number of aliphatic carboxylic acids is 1. The fourth-order valence-electron chi connectivity index (χ4n) is 1.22. The van der Waals surface area contributed by atoms with E-state index < -0.39 is 11.9 Å². The van der Waals surface area contributed by atoms with Crippen LogP contribution in [0.25, 0.3) is 0 Å². The van der Waals surface area contributed by atoms with Crippen molar-refractivity contribution in [3.05, 3.63) is 35.9 Å². The summed E-state index contributed by atoms with van der Waals surface area (Å²) < 4.78 is 0. The van der Waals surface area contributed by atoms with Crippen molar-refractivity contribution in [1.29, 1.82) is 0 Å². The van der Waals surface area contributed by atoms with Crippen molar-refractivity contribution in [2.24, 2.45) is 0 Å². The van der Waals surface area contributed by atoms with Crippen molar-refractivity contribution in [3.8, 4) is 0 Å². The van der Waals surface area contributed by atoms with Crippen LogP contribution in [0.2, 0.25) is 0 Å². The largest absolute Gasteiger partial charge is 1.00 e. The first-order valence-corrected chi connectivity index (χ1v) is 4.01. The molecular weight excluding hydrogens is 159 g/mol. The minimum Gasteiger partial charge on any atom is -0.549 e. The van der Waals surface area contributed by atoms with Gasteiger partial charge >= 0.3 is 18.9 Å². The van der Waals surface area contributed by atoms with Gasteiger partial charge in [-0.25, -0.2) is 0 Å². The molecule has 64 valence electrons. The number of hydrogen-bond acceptors (Lipinski definition) is 2. The Hall–Kier alpha value is -0.713. The van der Waals surface area contributed by atoms with E-state index in [1.165, 1.54) is 0 Å². The van der Waals surface area contributed by atoms with Gasteiger partial charge in [-0.05, 0) is 12.0 Å². The van der Waals surface area contributed by atoms with Crippen LogP contribution in [0, 0.1) is 0 Å². The Morgan fingerprint density at radius 2 is 1.92 bits per heavy atom. The molecule has 0 radical (unpaired) electrons. The third kappa shape index (κ3) is 3.26. The molecular formula is C10H11LiO2. The molecule has 2 nitrogen and oxygen atoms in total. The first-order valence-electron chi connectivity index (χ1n) is 4.01. The molecule has 1 aromatic rings. The number of carbonyl (C=O) groups is 1. The maximum absolute atomic E-state index is 10.6. The van der Waals surface area contributed by atoms with Crippen LogP contribution in [0.5, 0.6) is 0 Å². The van der Waals surface area contributed by atoms with E-state index in [0.717, 1.165) is 5.56 Å². The normalized spacial score (nSPS) is 11.5. The van der Waals surface area contributed by atoms with Crippen LogP contribution < -0.4 is 24.0 Å². The van der Waals surface area contributed by atoms with E-state index in [1.807, 2.05) is 37.3 Å². The molecule has 1 unspecified atom stereocenters. The molecule has 1 aromatic carbocycles. The van der Waals surface area contributed by atoms with Crippen LogP contribution in [-0.2, 0) is 4.79 Å².